The number of benzene rings is 1. The van der Waals surface area contributed by atoms with Crippen molar-refractivity contribution in [3.05, 3.63) is 31.9 Å². The first-order valence-corrected chi connectivity index (χ1v) is 5.60. The van der Waals surface area contributed by atoms with Gasteiger partial charge in [0, 0.05) is 9.13 Å². The van der Waals surface area contributed by atoms with Gasteiger partial charge in [0.2, 0.25) is 0 Å². The molecule has 0 unspecified atom stereocenters. The Morgan fingerprint density at radius 1 is 1.54 bits per heavy atom. The predicted molar refractivity (Wildman–Crippen MR) is 64.0 cm³/mol. The molecule has 4 heteroatoms. The van der Waals surface area contributed by atoms with Gasteiger partial charge in [-0.15, -0.1) is 11.6 Å². The smallest absolute Gasteiger partial charge is 0.179 e. The van der Waals surface area contributed by atoms with Crippen molar-refractivity contribution in [1.82, 2.24) is 0 Å². The summed E-state index contributed by atoms with van der Waals surface area (Å²) >= 11 is 13.5. The highest BCUT2D eigenvalue weighted by molar-refractivity contribution is 14.1. The van der Waals surface area contributed by atoms with Crippen molar-refractivity contribution in [2.45, 2.75) is 6.92 Å². The van der Waals surface area contributed by atoms with Gasteiger partial charge in [-0.1, -0.05) is 11.6 Å². The molecule has 0 amide bonds. The Balaban J connectivity index is 3.23. The lowest BCUT2D eigenvalue weighted by Gasteiger charge is -2.04. The Kier molecular flexibility index (Phi) is 4.01. The van der Waals surface area contributed by atoms with Gasteiger partial charge in [-0.25, -0.2) is 0 Å². The van der Waals surface area contributed by atoms with Crippen molar-refractivity contribution in [3.63, 3.8) is 0 Å². The number of carbonyl (C=O) groups is 1. The van der Waals surface area contributed by atoms with Gasteiger partial charge in [-0.05, 0) is 47.2 Å². The van der Waals surface area contributed by atoms with E-state index in [9.17, 15) is 4.79 Å². The number of hydrogen-bond donors (Lipinski definition) is 0. The fraction of sp³-hybridized carbons (Fsp3) is 0.222. The molecule has 0 saturated heterocycles. The Hall–Kier alpha value is 0.200. The van der Waals surface area contributed by atoms with E-state index >= 15 is 0 Å². The van der Waals surface area contributed by atoms with Crippen LogP contribution < -0.4 is 0 Å². The molecule has 1 rings (SSSR count). The lowest BCUT2D eigenvalue weighted by atomic mass is 10.1. The average molecular weight is 329 g/mol. The Morgan fingerprint density at radius 2 is 2.15 bits per heavy atom. The Bertz CT molecular complexity index is 350. The summed E-state index contributed by atoms with van der Waals surface area (Å²) in [5, 5.41) is 0.473. The van der Waals surface area contributed by atoms with Crippen molar-refractivity contribution in [2.75, 3.05) is 5.88 Å². The highest BCUT2D eigenvalue weighted by Crippen LogP contribution is 2.23. The van der Waals surface area contributed by atoms with E-state index in [-0.39, 0.29) is 11.7 Å². The molecular weight excluding hydrogens is 322 g/mol. The Labute approximate surface area is 101 Å². The molecule has 0 fully saturated rings. The molecule has 0 saturated carbocycles. The van der Waals surface area contributed by atoms with Crippen LogP contribution in [0.5, 0.6) is 0 Å². The molecule has 0 bridgehead atoms. The lowest BCUT2D eigenvalue weighted by molar-refractivity contribution is 0.102. The SMILES string of the molecule is Cc1cc(C(=O)CCl)c(Cl)cc1I. The minimum Gasteiger partial charge on any atom is -0.293 e. The lowest BCUT2D eigenvalue weighted by Crippen LogP contribution is -2.02. The molecule has 0 aliphatic carbocycles. The van der Waals surface area contributed by atoms with E-state index in [4.69, 9.17) is 23.2 Å². The van der Waals surface area contributed by atoms with Crippen LogP contribution in [-0.2, 0) is 0 Å². The number of carbonyl (C=O) groups excluding carboxylic acids is 1. The second kappa shape index (κ2) is 4.62. The monoisotopic (exact) mass is 328 g/mol. The zero-order chi connectivity index (χ0) is 10.0. The number of Topliss-reactive ketones (excluding diaryl/α,β-unsaturated/α-hetero) is 1. The summed E-state index contributed by atoms with van der Waals surface area (Å²) in [4.78, 5) is 11.3. The Morgan fingerprint density at radius 3 is 2.69 bits per heavy atom. The number of aryl methyl sites for hydroxylation is 1. The molecule has 1 aromatic carbocycles. The predicted octanol–water partition coefficient (Wildman–Crippen LogP) is 3.67. The summed E-state index contributed by atoms with van der Waals surface area (Å²) in [7, 11) is 0. The maximum absolute atomic E-state index is 11.3. The van der Waals surface area contributed by atoms with E-state index in [0.717, 1.165) is 9.13 Å². The quantitative estimate of drug-likeness (QED) is 0.460. The van der Waals surface area contributed by atoms with Crippen molar-refractivity contribution in [1.29, 1.82) is 0 Å². The fourth-order valence-electron chi connectivity index (χ4n) is 0.943. The van der Waals surface area contributed by atoms with Gasteiger partial charge in [0.25, 0.3) is 0 Å². The summed E-state index contributed by atoms with van der Waals surface area (Å²) in [6.07, 6.45) is 0. The summed E-state index contributed by atoms with van der Waals surface area (Å²) < 4.78 is 1.05. The number of hydrogen-bond acceptors (Lipinski definition) is 1. The molecule has 0 N–H and O–H groups in total. The van der Waals surface area contributed by atoms with Crippen LogP contribution in [0.4, 0.5) is 0 Å². The minimum absolute atomic E-state index is 0.0280. The largest absolute Gasteiger partial charge is 0.293 e. The highest BCUT2D eigenvalue weighted by Gasteiger charge is 2.10. The van der Waals surface area contributed by atoms with E-state index in [1.807, 2.05) is 6.92 Å². The molecular formula is C9H7Cl2IO. The van der Waals surface area contributed by atoms with E-state index in [1.54, 1.807) is 12.1 Å². The normalized spacial score (nSPS) is 10.2. The standard InChI is InChI=1S/C9H7Cl2IO/c1-5-2-6(9(13)4-10)7(11)3-8(5)12/h2-3H,4H2,1H3. The third-order valence-corrected chi connectivity index (χ3v) is 3.39. The van der Waals surface area contributed by atoms with Gasteiger partial charge in [0.05, 0.1) is 10.9 Å². The summed E-state index contributed by atoms with van der Waals surface area (Å²) in [5.74, 6) is -0.161. The van der Waals surface area contributed by atoms with Crippen LogP contribution in [0.3, 0.4) is 0 Å². The van der Waals surface area contributed by atoms with Crippen LogP contribution >= 0.6 is 45.8 Å². The molecule has 13 heavy (non-hydrogen) atoms. The van der Waals surface area contributed by atoms with Crippen LogP contribution in [0.2, 0.25) is 5.02 Å². The zero-order valence-corrected chi connectivity index (χ0v) is 10.6. The van der Waals surface area contributed by atoms with Gasteiger partial charge in [0.1, 0.15) is 0 Å². The van der Waals surface area contributed by atoms with E-state index in [1.165, 1.54) is 0 Å². The van der Waals surface area contributed by atoms with Crippen LogP contribution in [0, 0.1) is 10.5 Å². The van der Waals surface area contributed by atoms with Crippen molar-refractivity contribution >= 4 is 51.6 Å². The van der Waals surface area contributed by atoms with Gasteiger partial charge in [0.15, 0.2) is 5.78 Å². The third-order valence-electron chi connectivity index (χ3n) is 1.67. The minimum atomic E-state index is -0.133. The van der Waals surface area contributed by atoms with E-state index in [2.05, 4.69) is 22.6 Å². The summed E-state index contributed by atoms with van der Waals surface area (Å²) in [5.41, 5.74) is 1.55. The molecule has 1 nitrogen and oxygen atoms in total. The molecule has 0 spiro atoms. The second-order valence-corrected chi connectivity index (χ2v) is 4.47. The topological polar surface area (TPSA) is 17.1 Å². The van der Waals surface area contributed by atoms with Crippen LogP contribution in [-0.4, -0.2) is 11.7 Å². The van der Waals surface area contributed by atoms with E-state index < -0.39 is 0 Å². The first kappa shape index (κ1) is 11.3. The summed E-state index contributed by atoms with van der Waals surface area (Å²) in [6.45, 7) is 1.93. The molecule has 1 aromatic rings. The van der Waals surface area contributed by atoms with E-state index in [0.29, 0.717) is 10.6 Å². The average Bonchev–Trinajstić information content (AvgIpc) is 2.10. The van der Waals surface area contributed by atoms with Gasteiger partial charge in [-0.3, -0.25) is 4.79 Å². The second-order valence-electron chi connectivity index (χ2n) is 2.64. The molecule has 0 atom stereocenters. The van der Waals surface area contributed by atoms with Crippen LogP contribution in [0.15, 0.2) is 12.1 Å². The molecule has 0 aromatic heterocycles. The van der Waals surface area contributed by atoms with Crippen molar-refractivity contribution < 1.29 is 4.79 Å². The maximum atomic E-state index is 11.3. The first-order chi connectivity index (χ1) is 6.06. The van der Waals surface area contributed by atoms with Gasteiger partial charge < -0.3 is 0 Å². The molecule has 0 heterocycles. The summed E-state index contributed by atoms with van der Waals surface area (Å²) in [6, 6.07) is 3.55. The first-order valence-electron chi connectivity index (χ1n) is 3.61. The number of rotatable bonds is 2. The fourth-order valence-corrected chi connectivity index (χ4v) is 2.01. The van der Waals surface area contributed by atoms with Gasteiger partial charge >= 0.3 is 0 Å². The highest BCUT2D eigenvalue weighted by atomic mass is 127. The number of alkyl halides is 1. The molecule has 0 radical (unpaired) electrons. The van der Waals surface area contributed by atoms with Crippen molar-refractivity contribution in [2.24, 2.45) is 0 Å². The molecule has 0 aliphatic rings. The molecule has 0 aliphatic heterocycles. The maximum Gasteiger partial charge on any atom is 0.179 e. The molecule has 70 valence electrons. The number of halogens is 3. The van der Waals surface area contributed by atoms with Crippen LogP contribution in [0.1, 0.15) is 15.9 Å². The van der Waals surface area contributed by atoms with Crippen molar-refractivity contribution in [3.8, 4) is 0 Å². The van der Waals surface area contributed by atoms with Crippen LogP contribution in [0.25, 0.3) is 0 Å². The third kappa shape index (κ3) is 2.58. The zero-order valence-electron chi connectivity index (χ0n) is 6.90. The van der Waals surface area contributed by atoms with Gasteiger partial charge in [-0.2, -0.15) is 0 Å². The number of ketones is 1.